The zero-order chi connectivity index (χ0) is 14.8. The third-order valence-electron chi connectivity index (χ3n) is 2.78. The minimum absolute atomic E-state index is 0.246. The van der Waals surface area contributed by atoms with Gasteiger partial charge in [0, 0.05) is 0 Å². The van der Waals surface area contributed by atoms with Crippen LogP contribution in [0.3, 0.4) is 0 Å². The molecule has 0 fully saturated rings. The Morgan fingerprint density at radius 3 is 2.15 bits per heavy atom. The molecule has 0 radical (unpaired) electrons. The van der Waals surface area contributed by atoms with Crippen LogP contribution < -0.4 is 4.74 Å². The smallest absolute Gasteiger partial charge is 0.419 e. The second-order valence-electron chi connectivity index (χ2n) is 4.34. The fourth-order valence-electron chi connectivity index (χ4n) is 1.73. The summed E-state index contributed by atoms with van der Waals surface area (Å²) < 4.78 is 43.7. The summed E-state index contributed by atoms with van der Waals surface area (Å²) in [6, 6.07) is 11.3. The van der Waals surface area contributed by atoms with E-state index in [1.165, 1.54) is 30.3 Å². The van der Waals surface area contributed by atoms with Gasteiger partial charge in [0.1, 0.15) is 11.5 Å². The molecule has 0 bridgehead atoms. The van der Waals surface area contributed by atoms with Crippen LogP contribution in [0.5, 0.6) is 11.5 Å². The third-order valence-corrected chi connectivity index (χ3v) is 2.78. The van der Waals surface area contributed by atoms with Gasteiger partial charge in [0.15, 0.2) is 0 Å². The Labute approximate surface area is 114 Å². The van der Waals surface area contributed by atoms with Gasteiger partial charge in [-0.3, -0.25) is 0 Å². The lowest BCUT2D eigenvalue weighted by atomic mass is 10.1. The van der Waals surface area contributed by atoms with Crippen LogP contribution in [0.1, 0.15) is 24.2 Å². The quantitative estimate of drug-likeness (QED) is 0.894. The highest BCUT2D eigenvalue weighted by Gasteiger charge is 2.34. The van der Waals surface area contributed by atoms with Crippen molar-refractivity contribution in [2.45, 2.75) is 19.2 Å². The first-order valence-corrected chi connectivity index (χ1v) is 6.00. The fraction of sp³-hybridized carbons (Fsp3) is 0.200. The van der Waals surface area contributed by atoms with E-state index in [1.54, 1.807) is 19.1 Å². The van der Waals surface area contributed by atoms with Crippen molar-refractivity contribution in [3.63, 3.8) is 0 Å². The van der Waals surface area contributed by atoms with Crippen LogP contribution in [-0.2, 0) is 6.18 Å². The molecule has 5 heteroatoms. The molecule has 0 amide bonds. The van der Waals surface area contributed by atoms with Crippen molar-refractivity contribution in [2.75, 3.05) is 0 Å². The predicted octanol–water partition coefficient (Wildman–Crippen LogP) is 4.55. The van der Waals surface area contributed by atoms with Gasteiger partial charge in [0.05, 0.1) is 11.7 Å². The molecule has 0 aliphatic carbocycles. The largest absolute Gasteiger partial charge is 0.457 e. The predicted molar refractivity (Wildman–Crippen MR) is 68.6 cm³/mol. The SMILES string of the molecule is CC(O)c1ccc(Oc2ccccc2C(F)(F)F)cc1. The molecule has 0 aliphatic rings. The maximum absolute atomic E-state index is 12.8. The first kappa shape index (κ1) is 14.4. The number of hydrogen-bond acceptors (Lipinski definition) is 2. The van der Waals surface area contributed by atoms with Crippen LogP contribution in [0.15, 0.2) is 48.5 Å². The number of hydrogen-bond donors (Lipinski definition) is 1. The highest BCUT2D eigenvalue weighted by Crippen LogP contribution is 2.37. The molecule has 0 aliphatic heterocycles. The monoisotopic (exact) mass is 282 g/mol. The summed E-state index contributed by atoms with van der Waals surface area (Å²) in [5.41, 5.74) is -0.152. The summed E-state index contributed by atoms with van der Waals surface area (Å²) in [6.07, 6.45) is -5.10. The molecule has 2 aromatic carbocycles. The van der Waals surface area contributed by atoms with Crippen molar-refractivity contribution in [3.05, 3.63) is 59.7 Å². The average molecular weight is 282 g/mol. The fourth-order valence-corrected chi connectivity index (χ4v) is 1.73. The number of ether oxygens (including phenoxy) is 1. The van der Waals surface area contributed by atoms with Gasteiger partial charge in [0.2, 0.25) is 0 Å². The van der Waals surface area contributed by atoms with Crippen LogP contribution in [0.4, 0.5) is 13.2 Å². The lowest BCUT2D eigenvalue weighted by molar-refractivity contribution is -0.138. The van der Waals surface area contributed by atoms with Crippen LogP contribution >= 0.6 is 0 Å². The highest BCUT2D eigenvalue weighted by atomic mass is 19.4. The Morgan fingerprint density at radius 1 is 1.00 bits per heavy atom. The molecule has 0 heterocycles. The number of para-hydroxylation sites is 1. The molecular weight excluding hydrogens is 269 g/mol. The molecule has 2 nitrogen and oxygen atoms in total. The Balaban J connectivity index is 2.26. The van der Waals surface area contributed by atoms with Gasteiger partial charge in [-0.1, -0.05) is 24.3 Å². The maximum atomic E-state index is 12.8. The van der Waals surface area contributed by atoms with Gasteiger partial charge in [-0.05, 0) is 36.8 Å². The minimum atomic E-state index is -4.46. The van der Waals surface area contributed by atoms with Crippen molar-refractivity contribution in [1.82, 2.24) is 0 Å². The summed E-state index contributed by atoms with van der Waals surface area (Å²) in [6.45, 7) is 1.61. The average Bonchev–Trinajstić information content (AvgIpc) is 2.38. The van der Waals surface area contributed by atoms with Crippen molar-refractivity contribution in [2.24, 2.45) is 0 Å². The zero-order valence-electron chi connectivity index (χ0n) is 10.7. The van der Waals surface area contributed by atoms with Crippen LogP contribution in [0.2, 0.25) is 0 Å². The second kappa shape index (κ2) is 5.54. The molecule has 1 N–H and O–H groups in total. The van der Waals surface area contributed by atoms with E-state index >= 15 is 0 Å². The Morgan fingerprint density at radius 2 is 1.60 bits per heavy atom. The second-order valence-corrected chi connectivity index (χ2v) is 4.34. The van der Waals surface area contributed by atoms with Crippen LogP contribution in [0, 0.1) is 0 Å². The molecule has 1 unspecified atom stereocenters. The van der Waals surface area contributed by atoms with Gasteiger partial charge < -0.3 is 9.84 Å². The molecule has 2 aromatic rings. The first-order chi connectivity index (χ1) is 9.38. The van der Waals surface area contributed by atoms with Crippen molar-refractivity contribution in [3.8, 4) is 11.5 Å². The third kappa shape index (κ3) is 3.30. The standard InChI is InChI=1S/C15H13F3O2/c1-10(19)11-6-8-12(9-7-11)20-14-5-3-2-4-13(14)15(16,17)18/h2-10,19H,1H3. The lowest BCUT2D eigenvalue weighted by Gasteiger charge is -2.13. The number of aliphatic hydroxyl groups excluding tert-OH is 1. The molecule has 0 saturated heterocycles. The normalized spacial score (nSPS) is 13.1. The number of aliphatic hydroxyl groups is 1. The van der Waals surface area contributed by atoms with Crippen LogP contribution in [-0.4, -0.2) is 5.11 Å². The van der Waals surface area contributed by atoms with E-state index < -0.39 is 17.8 Å². The molecule has 2 rings (SSSR count). The molecule has 0 spiro atoms. The summed E-state index contributed by atoms with van der Waals surface area (Å²) >= 11 is 0. The van der Waals surface area contributed by atoms with Crippen molar-refractivity contribution in [1.29, 1.82) is 0 Å². The van der Waals surface area contributed by atoms with Gasteiger partial charge in [-0.25, -0.2) is 0 Å². The van der Waals surface area contributed by atoms with E-state index in [0.717, 1.165) is 6.07 Å². The molecular formula is C15H13F3O2. The van der Waals surface area contributed by atoms with E-state index in [0.29, 0.717) is 5.56 Å². The summed E-state index contributed by atoms with van der Waals surface area (Å²) in [5.74, 6) is 0.0379. The summed E-state index contributed by atoms with van der Waals surface area (Å²) in [5, 5.41) is 9.37. The highest BCUT2D eigenvalue weighted by molar-refractivity contribution is 5.40. The molecule has 1 atom stereocenters. The first-order valence-electron chi connectivity index (χ1n) is 6.00. The van der Waals surface area contributed by atoms with Gasteiger partial charge in [-0.15, -0.1) is 0 Å². The summed E-state index contributed by atoms with van der Waals surface area (Å²) in [4.78, 5) is 0. The number of rotatable bonds is 3. The van der Waals surface area contributed by atoms with E-state index in [1.807, 2.05) is 0 Å². The van der Waals surface area contributed by atoms with Gasteiger partial charge >= 0.3 is 6.18 Å². The van der Waals surface area contributed by atoms with Gasteiger partial charge in [0.25, 0.3) is 0 Å². The number of alkyl halides is 3. The molecule has 20 heavy (non-hydrogen) atoms. The van der Waals surface area contributed by atoms with E-state index in [-0.39, 0.29) is 11.5 Å². The Bertz CT molecular complexity index is 574. The Kier molecular flexibility index (Phi) is 3.99. The van der Waals surface area contributed by atoms with Crippen LogP contribution in [0.25, 0.3) is 0 Å². The summed E-state index contributed by atoms with van der Waals surface area (Å²) in [7, 11) is 0. The van der Waals surface area contributed by atoms with E-state index in [2.05, 4.69) is 0 Å². The van der Waals surface area contributed by atoms with Crippen molar-refractivity contribution < 1.29 is 23.0 Å². The number of halogens is 3. The topological polar surface area (TPSA) is 29.5 Å². The van der Waals surface area contributed by atoms with Gasteiger partial charge in [-0.2, -0.15) is 13.2 Å². The van der Waals surface area contributed by atoms with E-state index in [4.69, 9.17) is 4.74 Å². The zero-order valence-corrected chi connectivity index (χ0v) is 10.7. The Hall–Kier alpha value is -2.01. The van der Waals surface area contributed by atoms with E-state index in [9.17, 15) is 18.3 Å². The molecule has 0 saturated carbocycles. The lowest BCUT2D eigenvalue weighted by Crippen LogP contribution is -2.06. The minimum Gasteiger partial charge on any atom is -0.457 e. The molecule has 0 aromatic heterocycles. The van der Waals surface area contributed by atoms with Crippen molar-refractivity contribution >= 4 is 0 Å². The molecule has 106 valence electrons. The maximum Gasteiger partial charge on any atom is 0.419 e. The number of benzene rings is 2.